The fraction of sp³-hybridized carbons (Fsp3) is 0.0667. The summed E-state index contributed by atoms with van der Waals surface area (Å²) >= 11 is 11.9. The number of benzene rings is 2. The molecule has 0 aromatic heterocycles. The summed E-state index contributed by atoms with van der Waals surface area (Å²) < 4.78 is 0. The molecule has 2 aromatic rings. The number of halogens is 2. The van der Waals surface area contributed by atoms with Crippen LogP contribution in [-0.4, -0.2) is 5.11 Å². The van der Waals surface area contributed by atoms with Gasteiger partial charge in [-0.15, -0.1) is 0 Å². The normalized spacial score (nSPS) is 12.2. The third-order valence-corrected chi connectivity index (χ3v) is 3.29. The Morgan fingerprint density at radius 2 is 1.72 bits per heavy atom. The molecule has 92 valence electrons. The number of aliphatic hydroxyl groups excluding tert-OH is 1. The van der Waals surface area contributed by atoms with Crippen molar-refractivity contribution in [3.8, 4) is 0 Å². The van der Waals surface area contributed by atoms with E-state index in [1.54, 1.807) is 18.2 Å². The van der Waals surface area contributed by atoms with Crippen LogP contribution in [0.4, 0.5) is 0 Å². The molecule has 3 heteroatoms. The summed E-state index contributed by atoms with van der Waals surface area (Å²) in [6.45, 7) is 3.92. The highest BCUT2D eigenvalue weighted by Gasteiger charge is 2.16. The lowest BCUT2D eigenvalue weighted by molar-refractivity contribution is 0.238. The maximum atomic E-state index is 10.3. The zero-order chi connectivity index (χ0) is 13.1. The van der Waals surface area contributed by atoms with Gasteiger partial charge in [-0.2, -0.15) is 0 Å². The molecule has 0 bridgehead atoms. The molecular formula is C15H12Cl2O. The molecule has 18 heavy (non-hydrogen) atoms. The first-order valence-corrected chi connectivity index (χ1v) is 6.22. The summed E-state index contributed by atoms with van der Waals surface area (Å²) in [5, 5.41) is 11.3. The van der Waals surface area contributed by atoms with Gasteiger partial charge in [0.15, 0.2) is 0 Å². The summed E-state index contributed by atoms with van der Waals surface area (Å²) in [7, 11) is 0. The van der Waals surface area contributed by atoms with Crippen LogP contribution >= 0.6 is 23.2 Å². The van der Waals surface area contributed by atoms with Gasteiger partial charge in [-0.05, 0) is 23.3 Å². The molecule has 1 N–H and O–H groups in total. The lowest BCUT2D eigenvalue weighted by Gasteiger charge is -2.16. The molecule has 2 rings (SSSR count). The van der Waals surface area contributed by atoms with Crippen molar-refractivity contribution in [2.75, 3.05) is 0 Å². The first-order valence-electron chi connectivity index (χ1n) is 5.47. The molecule has 0 aliphatic heterocycles. The quantitative estimate of drug-likeness (QED) is 0.860. The summed E-state index contributed by atoms with van der Waals surface area (Å²) in [5.74, 6) is 0. The molecule has 0 aliphatic carbocycles. The van der Waals surface area contributed by atoms with Gasteiger partial charge in [0.2, 0.25) is 0 Å². The number of hydrogen-bond acceptors (Lipinski definition) is 1. The molecule has 0 saturated carbocycles. The molecule has 0 heterocycles. The minimum Gasteiger partial charge on any atom is -0.384 e. The van der Waals surface area contributed by atoms with Crippen LogP contribution < -0.4 is 0 Å². The molecule has 1 nitrogen and oxygen atoms in total. The van der Waals surface area contributed by atoms with Crippen molar-refractivity contribution < 1.29 is 5.11 Å². The fourth-order valence-corrected chi connectivity index (χ4v) is 2.23. The van der Waals surface area contributed by atoms with E-state index >= 15 is 0 Å². The van der Waals surface area contributed by atoms with Crippen molar-refractivity contribution in [2.24, 2.45) is 0 Å². The van der Waals surface area contributed by atoms with Crippen LogP contribution in [0, 0.1) is 0 Å². The second-order valence-corrected chi connectivity index (χ2v) is 4.80. The average molecular weight is 279 g/mol. The zero-order valence-electron chi connectivity index (χ0n) is 9.61. The molecule has 2 aromatic carbocycles. The van der Waals surface area contributed by atoms with Gasteiger partial charge < -0.3 is 5.11 Å². The van der Waals surface area contributed by atoms with E-state index in [1.165, 1.54) is 0 Å². The number of hydrogen-bond donors (Lipinski definition) is 1. The van der Waals surface area contributed by atoms with Crippen molar-refractivity contribution in [3.05, 3.63) is 76.3 Å². The third-order valence-electron chi connectivity index (χ3n) is 2.73. The second-order valence-electron chi connectivity index (χ2n) is 3.96. The van der Waals surface area contributed by atoms with Gasteiger partial charge in [-0.3, -0.25) is 0 Å². The summed E-state index contributed by atoms with van der Waals surface area (Å²) in [6, 6.07) is 14.5. The zero-order valence-corrected chi connectivity index (χ0v) is 11.1. The van der Waals surface area contributed by atoms with Crippen LogP contribution in [0.1, 0.15) is 17.2 Å². The van der Waals surface area contributed by atoms with Crippen LogP contribution in [-0.2, 0) is 0 Å². The molecule has 0 saturated heterocycles. The van der Waals surface area contributed by atoms with E-state index in [1.807, 2.05) is 30.3 Å². The van der Waals surface area contributed by atoms with E-state index < -0.39 is 6.10 Å². The topological polar surface area (TPSA) is 20.2 Å². The van der Waals surface area contributed by atoms with Gasteiger partial charge in [0.1, 0.15) is 6.10 Å². The maximum Gasteiger partial charge on any atom is 0.105 e. The Morgan fingerprint density at radius 3 is 2.33 bits per heavy atom. The molecular weight excluding hydrogens is 267 g/mol. The Morgan fingerprint density at radius 1 is 1.06 bits per heavy atom. The number of rotatable bonds is 3. The van der Waals surface area contributed by atoms with Crippen molar-refractivity contribution in [1.29, 1.82) is 0 Å². The van der Waals surface area contributed by atoms with E-state index in [0.29, 0.717) is 21.2 Å². The van der Waals surface area contributed by atoms with E-state index in [2.05, 4.69) is 6.58 Å². The average Bonchev–Trinajstić information content (AvgIpc) is 2.38. The van der Waals surface area contributed by atoms with Gasteiger partial charge >= 0.3 is 0 Å². The highest BCUT2D eigenvalue weighted by atomic mass is 35.5. The molecule has 1 atom stereocenters. The van der Waals surface area contributed by atoms with Crippen molar-refractivity contribution >= 4 is 28.8 Å². The number of aliphatic hydroxyl groups is 1. The molecule has 0 fully saturated rings. The lowest BCUT2D eigenvalue weighted by Crippen LogP contribution is -2.00. The first kappa shape index (κ1) is 13.2. The minimum absolute atomic E-state index is 0.437. The van der Waals surface area contributed by atoms with Crippen LogP contribution in [0.5, 0.6) is 0 Å². The van der Waals surface area contributed by atoms with E-state index in [0.717, 1.165) is 5.56 Å². The van der Waals surface area contributed by atoms with Crippen molar-refractivity contribution in [2.45, 2.75) is 6.10 Å². The Balaban J connectivity index is 2.31. The Kier molecular flexibility index (Phi) is 4.07. The summed E-state index contributed by atoms with van der Waals surface area (Å²) in [4.78, 5) is 0. The Hall–Kier alpha value is -1.28. The first-order chi connectivity index (χ1) is 8.59. The van der Waals surface area contributed by atoms with Crippen LogP contribution in [0.3, 0.4) is 0 Å². The van der Waals surface area contributed by atoms with Crippen LogP contribution in [0.15, 0.2) is 55.1 Å². The van der Waals surface area contributed by atoms with Gasteiger partial charge in [0.25, 0.3) is 0 Å². The van der Waals surface area contributed by atoms with Crippen molar-refractivity contribution in [3.63, 3.8) is 0 Å². The fourth-order valence-electron chi connectivity index (χ4n) is 1.72. The lowest BCUT2D eigenvalue weighted by atomic mass is 9.97. The predicted molar refractivity (Wildman–Crippen MR) is 76.9 cm³/mol. The largest absolute Gasteiger partial charge is 0.384 e. The highest BCUT2D eigenvalue weighted by Crippen LogP contribution is 2.33. The smallest absolute Gasteiger partial charge is 0.105 e. The SMILES string of the molecule is C=C(c1ccccc1)C(O)c1ccc(Cl)cc1Cl. The van der Waals surface area contributed by atoms with Crippen LogP contribution in [0.25, 0.3) is 5.57 Å². The predicted octanol–water partition coefficient (Wildman–Crippen LogP) is 4.74. The molecule has 0 spiro atoms. The van der Waals surface area contributed by atoms with E-state index in [-0.39, 0.29) is 0 Å². The van der Waals surface area contributed by atoms with Gasteiger partial charge in [-0.1, -0.05) is 66.2 Å². The Labute approximate surface area is 116 Å². The van der Waals surface area contributed by atoms with Gasteiger partial charge in [0, 0.05) is 15.6 Å². The van der Waals surface area contributed by atoms with E-state index in [4.69, 9.17) is 23.2 Å². The molecule has 1 unspecified atom stereocenters. The summed E-state index contributed by atoms with van der Waals surface area (Å²) in [6.07, 6.45) is -0.836. The monoisotopic (exact) mass is 278 g/mol. The highest BCUT2D eigenvalue weighted by molar-refractivity contribution is 6.35. The Bertz CT molecular complexity index is 564. The van der Waals surface area contributed by atoms with Gasteiger partial charge in [-0.25, -0.2) is 0 Å². The standard InChI is InChI=1S/C15H12Cl2O/c1-10(11-5-3-2-4-6-11)15(18)13-8-7-12(16)9-14(13)17/h2-9,15,18H,1H2. The molecule has 0 radical (unpaired) electrons. The maximum absolute atomic E-state index is 10.3. The molecule has 0 aliphatic rings. The van der Waals surface area contributed by atoms with Crippen LogP contribution in [0.2, 0.25) is 10.0 Å². The third kappa shape index (κ3) is 2.75. The van der Waals surface area contributed by atoms with Crippen molar-refractivity contribution in [1.82, 2.24) is 0 Å². The minimum atomic E-state index is -0.836. The summed E-state index contributed by atoms with van der Waals surface area (Å²) in [5.41, 5.74) is 2.10. The van der Waals surface area contributed by atoms with E-state index in [9.17, 15) is 5.11 Å². The molecule has 0 amide bonds. The second kappa shape index (κ2) is 5.57. The van der Waals surface area contributed by atoms with Gasteiger partial charge in [0.05, 0.1) is 0 Å².